The minimum absolute atomic E-state index is 0.00206. The van der Waals surface area contributed by atoms with Crippen molar-refractivity contribution in [3.8, 4) is 0 Å². The first-order valence-corrected chi connectivity index (χ1v) is 6.98. The Balaban J connectivity index is 1.92. The van der Waals surface area contributed by atoms with Gasteiger partial charge in [0.05, 0.1) is 18.0 Å². The van der Waals surface area contributed by atoms with Gasteiger partial charge in [-0.25, -0.2) is 0 Å². The number of carbonyl (C=O) groups excluding carboxylic acids is 2. The molecule has 6 heteroatoms. The summed E-state index contributed by atoms with van der Waals surface area (Å²) in [5, 5.41) is 2.84. The molecular weight excluding hydrogens is 246 g/mol. The molecule has 6 nitrogen and oxygen atoms in total. The van der Waals surface area contributed by atoms with Crippen molar-refractivity contribution in [3.05, 3.63) is 0 Å². The first kappa shape index (κ1) is 14.3. The molecule has 108 valence electrons. The first-order valence-electron chi connectivity index (χ1n) is 6.98. The maximum atomic E-state index is 12.4. The molecule has 2 saturated heterocycles. The number of likely N-dealkylation sites (tertiary alicyclic amines) is 1. The highest BCUT2D eigenvalue weighted by molar-refractivity contribution is 5.86. The van der Waals surface area contributed by atoms with E-state index in [4.69, 9.17) is 10.5 Å². The van der Waals surface area contributed by atoms with Crippen molar-refractivity contribution in [2.45, 2.75) is 37.8 Å². The fraction of sp³-hybridized carbons (Fsp3) is 0.846. The Kier molecular flexibility index (Phi) is 4.76. The summed E-state index contributed by atoms with van der Waals surface area (Å²) in [5.74, 6) is 0.0154. The zero-order valence-corrected chi connectivity index (χ0v) is 11.4. The lowest BCUT2D eigenvalue weighted by atomic mass is 9.91. The molecule has 2 rings (SSSR count). The van der Waals surface area contributed by atoms with Gasteiger partial charge >= 0.3 is 0 Å². The van der Waals surface area contributed by atoms with Crippen LogP contribution in [0.3, 0.4) is 0 Å². The van der Waals surface area contributed by atoms with Crippen LogP contribution in [-0.2, 0) is 14.3 Å². The highest BCUT2D eigenvalue weighted by Crippen LogP contribution is 2.27. The van der Waals surface area contributed by atoms with Crippen LogP contribution in [-0.4, -0.2) is 55.6 Å². The van der Waals surface area contributed by atoms with Crippen LogP contribution in [0.5, 0.6) is 0 Å². The van der Waals surface area contributed by atoms with E-state index in [1.807, 2.05) is 4.90 Å². The van der Waals surface area contributed by atoms with E-state index in [-0.39, 0.29) is 23.8 Å². The van der Waals surface area contributed by atoms with E-state index in [1.54, 1.807) is 7.11 Å². The second kappa shape index (κ2) is 6.34. The largest absolute Gasteiger partial charge is 0.385 e. The Morgan fingerprint density at radius 2 is 2.42 bits per heavy atom. The zero-order chi connectivity index (χ0) is 13.8. The van der Waals surface area contributed by atoms with Gasteiger partial charge in [-0.1, -0.05) is 0 Å². The van der Waals surface area contributed by atoms with Crippen LogP contribution >= 0.6 is 0 Å². The molecule has 3 N–H and O–H groups in total. The predicted octanol–water partition coefficient (Wildman–Crippen LogP) is -0.523. The van der Waals surface area contributed by atoms with Crippen molar-refractivity contribution in [1.29, 1.82) is 0 Å². The third-order valence-electron chi connectivity index (χ3n) is 4.07. The summed E-state index contributed by atoms with van der Waals surface area (Å²) in [6.45, 7) is 1.90. The second-order valence-corrected chi connectivity index (χ2v) is 5.33. The number of methoxy groups -OCH3 is 1. The van der Waals surface area contributed by atoms with E-state index < -0.39 is 6.04 Å². The Bertz CT molecular complexity index is 348. The van der Waals surface area contributed by atoms with Crippen LogP contribution in [0.15, 0.2) is 0 Å². The number of rotatable bonds is 5. The average molecular weight is 269 g/mol. The molecule has 0 bridgehead atoms. The lowest BCUT2D eigenvalue weighted by molar-refractivity contribution is -0.138. The van der Waals surface area contributed by atoms with E-state index in [0.29, 0.717) is 26.1 Å². The Labute approximate surface area is 113 Å². The van der Waals surface area contributed by atoms with Gasteiger partial charge in [0.15, 0.2) is 0 Å². The molecule has 0 saturated carbocycles. The van der Waals surface area contributed by atoms with Crippen LogP contribution in [0, 0.1) is 5.92 Å². The van der Waals surface area contributed by atoms with Crippen LogP contribution in [0.1, 0.15) is 25.7 Å². The van der Waals surface area contributed by atoms with Gasteiger partial charge < -0.3 is 20.7 Å². The molecule has 0 aliphatic carbocycles. The molecule has 2 amide bonds. The highest BCUT2D eigenvalue weighted by Gasteiger charge is 2.43. The van der Waals surface area contributed by atoms with Crippen LogP contribution in [0.4, 0.5) is 0 Å². The number of nitrogens with two attached hydrogens (primary N) is 1. The van der Waals surface area contributed by atoms with Gasteiger partial charge in [0.2, 0.25) is 11.8 Å². The SMILES string of the molecule is COCCCC(N)C(=O)N1CCCC2C(=O)NCC21. The minimum Gasteiger partial charge on any atom is -0.385 e. The van der Waals surface area contributed by atoms with Crippen molar-refractivity contribution in [1.82, 2.24) is 10.2 Å². The average Bonchev–Trinajstić information content (AvgIpc) is 2.80. The van der Waals surface area contributed by atoms with Crippen LogP contribution in [0.25, 0.3) is 0 Å². The van der Waals surface area contributed by atoms with Crippen molar-refractivity contribution >= 4 is 11.8 Å². The molecule has 0 aromatic carbocycles. The third-order valence-corrected chi connectivity index (χ3v) is 4.07. The first-order chi connectivity index (χ1) is 9.15. The second-order valence-electron chi connectivity index (χ2n) is 5.33. The molecule has 0 aromatic rings. The third kappa shape index (κ3) is 3.06. The number of fused-ring (bicyclic) bond motifs is 1. The summed E-state index contributed by atoms with van der Waals surface area (Å²) in [6, 6.07) is -0.480. The van der Waals surface area contributed by atoms with Crippen molar-refractivity contribution in [3.63, 3.8) is 0 Å². The Morgan fingerprint density at radius 3 is 3.16 bits per heavy atom. The number of amides is 2. The molecule has 0 radical (unpaired) electrons. The zero-order valence-electron chi connectivity index (χ0n) is 11.4. The normalized spacial score (nSPS) is 27.9. The minimum atomic E-state index is -0.482. The number of hydrogen-bond acceptors (Lipinski definition) is 4. The fourth-order valence-electron chi connectivity index (χ4n) is 3.01. The van der Waals surface area contributed by atoms with E-state index in [0.717, 1.165) is 19.3 Å². The van der Waals surface area contributed by atoms with Crippen molar-refractivity contribution in [2.75, 3.05) is 26.8 Å². The number of hydrogen-bond donors (Lipinski definition) is 2. The Hall–Kier alpha value is -1.14. The standard InChI is InChI=1S/C13H23N3O3/c1-19-7-3-5-10(14)13(18)16-6-2-4-9-11(16)8-15-12(9)17/h9-11H,2-8,14H2,1H3,(H,15,17). The maximum absolute atomic E-state index is 12.4. The molecular formula is C13H23N3O3. The lowest BCUT2D eigenvalue weighted by Gasteiger charge is -2.37. The molecule has 3 atom stereocenters. The van der Waals surface area contributed by atoms with Gasteiger partial charge in [0.25, 0.3) is 0 Å². The summed E-state index contributed by atoms with van der Waals surface area (Å²) >= 11 is 0. The summed E-state index contributed by atoms with van der Waals surface area (Å²) < 4.78 is 4.97. The molecule has 3 unspecified atom stereocenters. The summed E-state index contributed by atoms with van der Waals surface area (Å²) in [4.78, 5) is 25.8. The smallest absolute Gasteiger partial charge is 0.239 e. The number of nitrogens with zero attached hydrogens (tertiary/aromatic N) is 1. The molecule has 0 spiro atoms. The number of nitrogens with one attached hydrogen (secondary N) is 1. The van der Waals surface area contributed by atoms with E-state index in [2.05, 4.69) is 5.32 Å². The monoisotopic (exact) mass is 269 g/mol. The molecule has 2 heterocycles. The van der Waals surface area contributed by atoms with Gasteiger partial charge in [0, 0.05) is 26.8 Å². The summed E-state index contributed by atoms with van der Waals surface area (Å²) in [5.41, 5.74) is 5.95. The molecule has 19 heavy (non-hydrogen) atoms. The van der Waals surface area contributed by atoms with Gasteiger partial charge in [0.1, 0.15) is 0 Å². The van der Waals surface area contributed by atoms with Gasteiger partial charge in [-0.15, -0.1) is 0 Å². The van der Waals surface area contributed by atoms with E-state index in [9.17, 15) is 9.59 Å². The lowest BCUT2D eigenvalue weighted by Crippen LogP contribution is -2.54. The van der Waals surface area contributed by atoms with Gasteiger partial charge in [-0.05, 0) is 25.7 Å². The van der Waals surface area contributed by atoms with Crippen molar-refractivity contribution in [2.24, 2.45) is 11.7 Å². The van der Waals surface area contributed by atoms with Crippen molar-refractivity contribution < 1.29 is 14.3 Å². The van der Waals surface area contributed by atoms with E-state index >= 15 is 0 Å². The molecule has 2 aliphatic heterocycles. The van der Waals surface area contributed by atoms with Crippen LogP contribution < -0.4 is 11.1 Å². The number of piperidine rings is 1. The number of carbonyl (C=O) groups is 2. The maximum Gasteiger partial charge on any atom is 0.239 e. The number of ether oxygens (including phenoxy) is 1. The predicted molar refractivity (Wildman–Crippen MR) is 70.3 cm³/mol. The van der Waals surface area contributed by atoms with Gasteiger partial charge in [-0.3, -0.25) is 9.59 Å². The fourth-order valence-corrected chi connectivity index (χ4v) is 3.01. The van der Waals surface area contributed by atoms with Crippen LogP contribution in [0.2, 0.25) is 0 Å². The quantitative estimate of drug-likeness (QED) is 0.658. The molecule has 2 aliphatic rings. The summed E-state index contributed by atoms with van der Waals surface area (Å²) in [6.07, 6.45) is 3.16. The van der Waals surface area contributed by atoms with E-state index in [1.165, 1.54) is 0 Å². The Morgan fingerprint density at radius 1 is 1.63 bits per heavy atom. The topological polar surface area (TPSA) is 84.7 Å². The summed E-state index contributed by atoms with van der Waals surface area (Å²) in [7, 11) is 1.64. The van der Waals surface area contributed by atoms with Gasteiger partial charge in [-0.2, -0.15) is 0 Å². The molecule has 2 fully saturated rings. The molecule has 0 aromatic heterocycles. The highest BCUT2D eigenvalue weighted by atomic mass is 16.5.